The molecule has 0 aliphatic heterocycles. The molecule has 0 fully saturated rings. The summed E-state index contributed by atoms with van der Waals surface area (Å²) >= 11 is 0. The van der Waals surface area contributed by atoms with Crippen molar-refractivity contribution in [3.63, 3.8) is 0 Å². The third-order valence-electron chi connectivity index (χ3n) is 11.9. The molecule has 0 atom stereocenters. The average molecular weight is 723 g/mol. The van der Waals surface area contributed by atoms with Crippen LogP contribution in [0.25, 0.3) is 115 Å². The topological polar surface area (TPSA) is 17.8 Å². The Hall–Kier alpha value is -7.55. The lowest BCUT2D eigenvalue weighted by Gasteiger charge is -2.19. The molecule has 11 aromatic carbocycles. The summed E-state index contributed by atoms with van der Waals surface area (Å²) in [6.45, 7) is 0. The Labute approximate surface area is 329 Å². The van der Waals surface area contributed by atoms with Gasteiger partial charge in [-0.15, -0.1) is 0 Å². The summed E-state index contributed by atoms with van der Waals surface area (Å²) in [4.78, 5) is 5.15. The Kier molecular flexibility index (Phi) is 6.96. The van der Waals surface area contributed by atoms with Crippen LogP contribution in [0.3, 0.4) is 0 Å². The fourth-order valence-corrected chi connectivity index (χ4v) is 9.14. The molecule has 0 N–H and O–H groups in total. The lowest BCUT2D eigenvalue weighted by atomic mass is 9.84. The predicted octanol–water partition coefficient (Wildman–Crippen LogP) is 14.9. The Morgan fingerprint density at radius 2 is 0.825 bits per heavy atom. The molecule has 12 aromatic rings. The second kappa shape index (κ2) is 12.5. The van der Waals surface area contributed by atoms with Crippen LogP contribution in [0.4, 0.5) is 0 Å². The first kappa shape index (κ1) is 31.8. The minimum Gasteiger partial charge on any atom is -0.292 e. The second-order valence-corrected chi connectivity index (χ2v) is 15.2. The van der Waals surface area contributed by atoms with Gasteiger partial charge >= 0.3 is 0 Å². The van der Waals surface area contributed by atoms with Crippen molar-refractivity contribution in [2.24, 2.45) is 0 Å². The fraction of sp³-hybridized carbons (Fsp3) is 0. The second-order valence-electron chi connectivity index (χ2n) is 15.2. The predicted molar refractivity (Wildman–Crippen MR) is 242 cm³/mol. The van der Waals surface area contributed by atoms with E-state index in [1.165, 1.54) is 87.2 Å². The molecule has 0 saturated heterocycles. The molecule has 0 aliphatic rings. The standard InChI is InChI=1S/C55H34N2/c1-2-14-46(15-3-1)57-52-17-9-8-16-51(52)56-55(57)38-22-20-37(21-23-38)49-34-50(42-25-19-36-11-5-7-13-40(36)31-42)48-29-27-44-33-45(32-43-26-28-47(49)54(48)53(43)44)41-24-18-35-10-4-6-12-39(35)30-41/h1-34H. The van der Waals surface area contributed by atoms with Gasteiger partial charge in [-0.3, -0.25) is 4.57 Å². The van der Waals surface area contributed by atoms with Crippen molar-refractivity contribution in [1.82, 2.24) is 9.55 Å². The van der Waals surface area contributed by atoms with Gasteiger partial charge in [-0.1, -0.05) is 152 Å². The number of hydrogen-bond donors (Lipinski definition) is 0. The molecule has 1 heterocycles. The number of rotatable bonds is 5. The summed E-state index contributed by atoms with van der Waals surface area (Å²) in [6, 6.07) is 75.4. The van der Waals surface area contributed by atoms with E-state index in [9.17, 15) is 0 Å². The molecule has 0 unspecified atom stereocenters. The number of aromatic nitrogens is 2. The highest BCUT2D eigenvalue weighted by Crippen LogP contribution is 2.46. The monoisotopic (exact) mass is 722 g/mol. The zero-order chi connectivity index (χ0) is 37.5. The number of nitrogens with zero attached hydrogens (tertiary/aromatic N) is 2. The number of imidazole rings is 1. The molecule has 2 nitrogen and oxygen atoms in total. The van der Waals surface area contributed by atoms with E-state index in [0.717, 1.165) is 28.1 Å². The van der Waals surface area contributed by atoms with Gasteiger partial charge in [0.1, 0.15) is 5.82 Å². The van der Waals surface area contributed by atoms with Crippen LogP contribution in [0.1, 0.15) is 0 Å². The fourth-order valence-electron chi connectivity index (χ4n) is 9.14. The van der Waals surface area contributed by atoms with Gasteiger partial charge < -0.3 is 0 Å². The van der Waals surface area contributed by atoms with Crippen molar-refractivity contribution in [3.05, 3.63) is 206 Å². The van der Waals surface area contributed by atoms with Gasteiger partial charge in [0.15, 0.2) is 0 Å². The molecule has 2 heteroatoms. The van der Waals surface area contributed by atoms with Gasteiger partial charge in [0.25, 0.3) is 0 Å². The third-order valence-corrected chi connectivity index (χ3v) is 11.9. The minimum absolute atomic E-state index is 0.934. The van der Waals surface area contributed by atoms with Crippen LogP contribution in [-0.2, 0) is 0 Å². The molecule has 0 bridgehead atoms. The smallest absolute Gasteiger partial charge is 0.145 e. The molecule has 264 valence electrons. The van der Waals surface area contributed by atoms with E-state index in [-0.39, 0.29) is 0 Å². The van der Waals surface area contributed by atoms with Crippen LogP contribution in [0, 0.1) is 0 Å². The van der Waals surface area contributed by atoms with Crippen LogP contribution >= 0.6 is 0 Å². The van der Waals surface area contributed by atoms with Crippen LogP contribution in [0.5, 0.6) is 0 Å². The van der Waals surface area contributed by atoms with E-state index in [1.54, 1.807) is 0 Å². The van der Waals surface area contributed by atoms with E-state index in [2.05, 4.69) is 211 Å². The van der Waals surface area contributed by atoms with Crippen LogP contribution < -0.4 is 0 Å². The Morgan fingerprint density at radius 3 is 1.53 bits per heavy atom. The van der Waals surface area contributed by atoms with E-state index in [1.807, 2.05) is 0 Å². The van der Waals surface area contributed by atoms with Gasteiger partial charge in [0.2, 0.25) is 0 Å². The van der Waals surface area contributed by atoms with E-state index in [0.29, 0.717) is 0 Å². The van der Waals surface area contributed by atoms with Gasteiger partial charge in [0, 0.05) is 11.3 Å². The summed E-state index contributed by atoms with van der Waals surface area (Å²) in [6.07, 6.45) is 0. The summed E-state index contributed by atoms with van der Waals surface area (Å²) in [7, 11) is 0. The summed E-state index contributed by atoms with van der Waals surface area (Å²) in [5.74, 6) is 0.934. The van der Waals surface area contributed by atoms with Crippen LogP contribution in [0.2, 0.25) is 0 Å². The molecule has 1 aromatic heterocycles. The van der Waals surface area contributed by atoms with Crippen LogP contribution in [-0.4, -0.2) is 9.55 Å². The zero-order valence-corrected chi connectivity index (χ0v) is 31.0. The first-order chi connectivity index (χ1) is 28.2. The average Bonchev–Trinajstić information content (AvgIpc) is 3.68. The normalized spacial score (nSPS) is 11.9. The first-order valence-electron chi connectivity index (χ1n) is 19.6. The summed E-state index contributed by atoms with van der Waals surface area (Å²) in [5.41, 5.74) is 11.6. The first-order valence-corrected chi connectivity index (χ1v) is 19.6. The molecular weight excluding hydrogens is 689 g/mol. The maximum absolute atomic E-state index is 5.15. The Bertz CT molecular complexity index is 3480. The highest BCUT2D eigenvalue weighted by molar-refractivity contribution is 6.29. The molecule has 0 amide bonds. The lowest BCUT2D eigenvalue weighted by Crippen LogP contribution is -1.97. The van der Waals surface area contributed by atoms with Gasteiger partial charge in [0.05, 0.1) is 11.0 Å². The zero-order valence-electron chi connectivity index (χ0n) is 31.0. The highest BCUT2D eigenvalue weighted by atomic mass is 15.1. The molecule has 57 heavy (non-hydrogen) atoms. The van der Waals surface area contributed by atoms with Gasteiger partial charge in [-0.2, -0.15) is 0 Å². The van der Waals surface area contributed by atoms with Gasteiger partial charge in [-0.25, -0.2) is 4.98 Å². The molecule has 0 aliphatic carbocycles. The van der Waals surface area contributed by atoms with E-state index < -0.39 is 0 Å². The molecule has 0 spiro atoms. The highest BCUT2D eigenvalue weighted by Gasteiger charge is 2.19. The lowest BCUT2D eigenvalue weighted by molar-refractivity contribution is 1.10. The summed E-state index contributed by atoms with van der Waals surface area (Å²) < 4.78 is 2.27. The van der Waals surface area contributed by atoms with Crippen LogP contribution in [0.15, 0.2) is 206 Å². The minimum atomic E-state index is 0.934. The van der Waals surface area contributed by atoms with Crippen molar-refractivity contribution in [3.8, 4) is 50.5 Å². The van der Waals surface area contributed by atoms with Gasteiger partial charge in [-0.05, 0) is 142 Å². The number of hydrogen-bond acceptors (Lipinski definition) is 1. The van der Waals surface area contributed by atoms with Crippen molar-refractivity contribution in [2.75, 3.05) is 0 Å². The van der Waals surface area contributed by atoms with Crippen molar-refractivity contribution < 1.29 is 0 Å². The number of para-hydroxylation sites is 3. The Balaban J connectivity index is 1.07. The third kappa shape index (κ3) is 5.08. The summed E-state index contributed by atoms with van der Waals surface area (Å²) in [5, 5.41) is 12.7. The SMILES string of the molecule is c1ccc(-n2c(-c3ccc(-c4cc(-c5ccc6ccccc6c5)c5ccc6cc(-c7ccc8ccccc8c7)cc7ccc4c5c76)cc3)nc3ccccc32)cc1. The van der Waals surface area contributed by atoms with Crippen molar-refractivity contribution in [2.45, 2.75) is 0 Å². The Morgan fingerprint density at radius 1 is 0.316 bits per heavy atom. The number of benzene rings is 11. The van der Waals surface area contributed by atoms with E-state index in [4.69, 9.17) is 4.98 Å². The van der Waals surface area contributed by atoms with Crippen molar-refractivity contribution in [1.29, 1.82) is 0 Å². The molecular formula is C55H34N2. The molecule has 12 rings (SSSR count). The quantitative estimate of drug-likeness (QED) is 0.162. The van der Waals surface area contributed by atoms with E-state index >= 15 is 0 Å². The molecule has 0 radical (unpaired) electrons. The number of fused-ring (bicyclic) bond motifs is 3. The maximum Gasteiger partial charge on any atom is 0.145 e. The molecule has 0 saturated carbocycles. The van der Waals surface area contributed by atoms with Crippen molar-refractivity contribution >= 4 is 64.9 Å². The largest absolute Gasteiger partial charge is 0.292 e. The maximum atomic E-state index is 5.15.